The molecule has 0 bridgehead atoms. The second kappa shape index (κ2) is 11.6. The molecule has 2 aliphatic rings. The van der Waals surface area contributed by atoms with Crippen molar-refractivity contribution in [3.63, 3.8) is 0 Å². The highest BCUT2D eigenvalue weighted by atomic mass is 16.2. The van der Waals surface area contributed by atoms with Gasteiger partial charge in [-0.25, -0.2) is 4.79 Å². The van der Waals surface area contributed by atoms with E-state index < -0.39 is 0 Å². The maximum absolute atomic E-state index is 13.3. The molecule has 2 rings (SSSR count). The molecule has 0 radical (unpaired) electrons. The van der Waals surface area contributed by atoms with Crippen LogP contribution in [0.2, 0.25) is 0 Å². The van der Waals surface area contributed by atoms with Crippen LogP contribution in [-0.4, -0.2) is 53.8 Å². The molecule has 0 spiro atoms. The lowest BCUT2D eigenvalue weighted by molar-refractivity contribution is -0.135. The molecule has 0 aromatic rings. The fourth-order valence-corrected chi connectivity index (χ4v) is 4.73. The fraction of sp³-hybridized carbons (Fsp3) is 0.870. The minimum absolute atomic E-state index is 0.0455. The minimum Gasteiger partial charge on any atom is -0.338 e. The van der Waals surface area contributed by atoms with E-state index >= 15 is 0 Å². The summed E-state index contributed by atoms with van der Waals surface area (Å²) < 4.78 is 0. The third-order valence-electron chi connectivity index (χ3n) is 6.69. The number of nitrogens with one attached hydrogen (secondary N) is 2. The standard InChI is InChI=1S/C23H42N4O2/c1-4-7-12-23(13-8-5-2)17-20(24)27(21(23)28)16-11-19-10-15-26(18-19)22(29)25-14-9-6-3/h19,24H,4-18H2,1-3H3,(H,25,29). The highest BCUT2D eigenvalue weighted by Crippen LogP contribution is 2.42. The molecule has 0 aromatic carbocycles. The van der Waals surface area contributed by atoms with Crippen LogP contribution in [0.1, 0.15) is 91.4 Å². The molecule has 166 valence electrons. The number of amidine groups is 1. The molecule has 0 aliphatic carbocycles. The van der Waals surface area contributed by atoms with Gasteiger partial charge in [0.05, 0.1) is 5.41 Å². The topological polar surface area (TPSA) is 76.5 Å². The van der Waals surface area contributed by atoms with Gasteiger partial charge in [0.1, 0.15) is 5.84 Å². The molecule has 0 saturated carbocycles. The number of carbonyl (C=O) groups excluding carboxylic acids is 2. The van der Waals surface area contributed by atoms with E-state index in [4.69, 9.17) is 5.41 Å². The lowest BCUT2D eigenvalue weighted by atomic mass is 9.77. The first-order valence-electron chi connectivity index (χ1n) is 11.9. The molecule has 3 amide bonds. The van der Waals surface area contributed by atoms with Crippen molar-refractivity contribution in [3.05, 3.63) is 0 Å². The van der Waals surface area contributed by atoms with Crippen LogP contribution < -0.4 is 5.32 Å². The quantitative estimate of drug-likeness (QED) is 0.457. The molecule has 1 atom stereocenters. The van der Waals surface area contributed by atoms with E-state index in [9.17, 15) is 9.59 Å². The van der Waals surface area contributed by atoms with Gasteiger partial charge in [-0.2, -0.15) is 0 Å². The first-order chi connectivity index (χ1) is 14.0. The van der Waals surface area contributed by atoms with Crippen LogP contribution in [0.4, 0.5) is 4.79 Å². The van der Waals surface area contributed by atoms with Crippen molar-refractivity contribution < 1.29 is 9.59 Å². The van der Waals surface area contributed by atoms with E-state index in [2.05, 4.69) is 26.1 Å². The molecule has 2 aliphatic heterocycles. The summed E-state index contributed by atoms with van der Waals surface area (Å²) in [5, 5.41) is 11.5. The Morgan fingerprint density at radius 1 is 1.14 bits per heavy atom. The van der Waals surface area contributed by atoms with Crippen LogP contribution in [0.15, 0.2) is 0 Å². The Labute approximate surface area is 177 Å². The summed E-state index contributed by atoms with van der Waals surface area (Å²) in [5.41, 5.74) is -0.329. The van der Waals surface area contributed by atoms with Gasteiger partial charge in [0.15, 0.2) is 0 Å². The van der Waals surface area contributed by atoms with Gasteiger partial charge >= 0.3 is 6.03 Å². The monoisotopic (exact) mass is 406 g/mol. The van der Waals surface area contributed by atoms with Gasteiger partial charge in [-0.15, -0.1) is 0 Å². The Kier molecular flexibility index (Phi) is 9.44. The summed E-state index contributed by atoms with van der Waals surface area (Å²) in [6.07, 6.45) is 10.7. The first-order valence-corrected chi connectivity index (χ1v) is 11.9. The van der Waals surface area contributed by atoms with Crippen molar-refractivity contribution in [2.45, 2.75) is 91.4 Å². The number of likely N-dealkylation sites (tertiary alicyclic amines) is 2. The van der Waals surface area contributed by atoms with E-state index in [1.165, 1.54) is 0 Å². The molecule has 6 heteroatoms. The zero-order chi connectivity index (χ0) is 21.3. The van der Waals surface area contributed by atoms with Gasteiger partial charge in [0.2, 0.25) is 5.91 Å². The zero-order valence-corrected chi connectivity index (χ0v) is 18.9. The number of carbonyl (C=O) groups is 2. The van der Waals surface area contributed by atoms with Gasteiger partial charge in [0, 0.05) is 32.6 Å². The van der Waals surface area contributed by atoms with Crippen molar-refractivity contribution >= 4 is 17.8 Å². The van der Waals surface area contributed by atoms with E-state index in [1.54, 1.807) is 4.90 Å². The van der Waals surface area contributed by atoms with Crippen LogP contribution in [-0.2, 0) is 4.79 Å². The summed E-state index contributed by atoms with van der Waals surface area (Å²) in [5.74, 6) is 1.12. The van der Waals surface area contributed by atoms with E-state index in [-0.39, 0.29) is 17.4 Å². The van der Waals surface area contributed by atoms with Crippen molar-refractivity contribution in [2.24, 2.45) is 11.3 Å². The van der Waals surface area contributed by atoms with Gasteiger partial charge in [-0.05, 0) is 38.0 Å². The molecular weight excluding hydrogens is 364 g/mol. The maximum Gasteiger partial charge on any atom is 0.317 e. The highest BCUT2D eigenvalue weighted by molar-refractivity contribution is 6.07. The van der Waals surface area contributed by atoms with Crippen molar-refractivity contribution in [3.8, 4) is 0 Å². The predicted octanol–water partition coefficient (Wildman–Crippen LogP) is 4.78. The maximum atomic E-state index is 13.3. The number of amides is 3. The first kappa shape index (κ1) is 23.7. The fourth-order valence-electron chi connectivity index (χ4n) is 4.73. The lowest BCUT2D eigenvalue weighted by Crippen LogP contribution is -2.39. The van der Waals surface area contributed by atoms with Crippen LogP contribution in [0, 0.1) is 16.7 Å². The van der Waals surface area contributed by atoms with E-state index in [1.807, 2.05) is 4.90 Å². The summed E-state index contributed by atoms with van der Waals surface area (Å²) in [7, 11) is 0. The molecule has 2 heterocycles. The second-order valence-electron chi connectivity index (χ2n) is 9.04. The summed E-state index contributed by atoms with van der Waals surface area (Å²) >= 11 is 0. The number of unbranched alkanes of at least 4 members (excludes halogenated alkanes) is 3. The van der Waals surface area contributed by atoms with Crippen LogP contribution in [0.5, 0.6) is 0 Å². The number of hydrogen-bond acceptors (Lipinski definition) is 3. The van der Waals surface area contributed by atoms with Crippen LogP contribution in [0.25, 0.3) is 0 Å². The minimum atomic E-state index is -0.329. The average molecular weight is 407 g/mol. The Hall–Kier alpha value is -1.59. The third kappa shape index (κ3) is 6.19. The van der Waals surface area contributed by atoms with Gasteiger partial charge < -0.3 is 15.1 Å². The van der Waals surface area contributed by atoms with E-state index in [0.29, 0.717) is 24.7 Å². The van der Waals surface area contributed by atoms with E-state index in [0.717, 1.165) is 83.8 Å². The normalized spacial score (nSPS) is 21.3. The molecule has 2 N–H and O–H groups in total. The Bertz CT molecular complexity index is 555. The van der Waals surface area contributed by atoms with Gasteiger partial charge in [-0.3, -0.25) is 10.2 Å². The number of rotatable bonds is 12. The summed E-state index contributed by atoms with van der Waals surface area (Å²) in [6, 6.07) is 0.0455. The summed E-state index contributed by atoms with van der Waals surface area (Å²) in [4.78, 5) is 29.2. The number of urea groups is 1. The lowest BCUT2D eigenvalue weighted by Gasteiger charge is -2.27. The predicted molar refractivity (Wildman–Crippen MR) is 118 cm³/mol. The van der Waals surface area contributed by atoms with Crippen LogP contribution in [0.3, 0.4) is 0 Å². The molecule has 29 heavy (non-hydrogen) atoms. The number of nitrogens with zero attached hydrogens (tertiary/aromatic N) is 2. The summed E-state index contributed by atoms with van der Waals surface area (Å²) in [6.45, 7) is 9.39. The molecule has 2 fully saturated rings. The Morgan fingerprint density at radius 3 is 2.41 bits per heavy atom. The van der Waals surface area contributed by atoms with Gasteiger partial charge in [0.25, 0.3) is 0 Å². The third-order valence-corrected chi connectivity index (χ3v) is 6.69. The van der Waals surface area contributed by atoms with Gasteiger partial charge in [-0.1, -0.05) is 52.9 Å². The molecule has 6 nitrogen and oxygen atoms in total. The van der Waals surface area contributed by atoms with Crippen LogP contribution >= 0.6 is 0 Å². The number of hydrogen-bond donors (Lipinski definition) is 2. The average Bonchev–Trinajstić information content (AvgIpc) is 3.27. The highest BCUT2D eigenvalue weighted by Gasteiger charge is 2.48. The van der Waals surface area contributed by atoms with Crippen molar-refractivity contribution in [2.75, 3.05) is 26.2 Å². The zero-order valence-electron chi connectivity index (χ0n) is 18.9. The molecule has 2 saturated heterocycles. The second-order valence-corrected chi connectivity index (χ2v) is 9.04. The SMILES string of the molecule is CCCCNC(=O)N1CCC(CCN2C(=N)CC(CCCC)(CCCC)C2=O)C1. The largest absolute Gasteiger partial charge is 0.338 e. The smallest absolute Gasteiger partial charge is 0.317 e. The Balaban J connectivity index is 1.86. The van der Waals surface area contributed by atoms with Crippen molar-refractivity contribution in [1.82, 2.24) is 15.1 Å². The molecule has 0 aromatic heterocycles. The Morgan fingerprint density at radius 2 is 1.79 bits per heavy atom. The molecular formula is C23H42N4O2. The van der Waals surface area contributed by atoms with Crippen molar-refractivity contribution in [1.29, 1.82) is 5.41 Å². The molecule has 1 unspecified atom stereocenters.